The number of nitrogen functional groups attached to an aromatic ring is 1. The molecule has 1 aliphatic heterocycles. The Hall–Kier alpha value is -2.61. The maximum atomic E-state index is 13.1. The molecule has 1 saturated heterocycles. The molecule has 0 bridgehead atoms. The number of carbonyl (C=O) groups excluding carboxylic acids is 1. The van der Waals surface area contributed by atoms with Gasteiger partial charge in [0.1, 0.15) is 0 Å². The number of carbonyl (C=O) groups is 1. The second kappa shape index (κ2) is 8.86. The van der Waals surface area contributed by atoms with Crippen molar-refractivity contribution < 1.29 is 13.2 Å². The zero-order valence-corrected chi connectivity index (χ0v) is 18.6. The first kappa shape index (κ1) is 21.6. The molecule has 8 heteroatoms. The third kappa shape index (κ3) is 4.84. The first-order valence-electron chi connectivity index (χ1n) is 10.1. The third-order valence-electron chi connectivity index (χ3n) is 5.61. The Kier molecular flexibility index (Phi) is 6.18. The van der Waals surface area contributed by atoms with Crippen molar-refractivity contribution in [3.63, 3.8) is 0 Å². The molecule has 0 aliphatic carbocycles. The summed E-state index contributed by atoms with van der Waals surface area (Å²) in [6.45, 7) is 1.36. The van der Waals surface area contributed by atoms with Crippen LogP contribution >= 0.6 is 11.6 Å². The first-order chi connectivity index (χ1) is 14.8. The number of hydrogen-bond acceptors (Lipinski definition) is 4. The van der Waals surface area contributed by atoms with E-state index in [0.29, 0.717) is 36.6 Å². The molecular formula is C23H24ClN3O3S. The van der Waals surface area contributed by atoms with Crippen molar-refractivity contribution in [1.29, 1.82) is 0 Å². The average molecular weight is 458 g/mol. The van der Waals surface area contributed by atoms with Gasteiger partial charge in [0.05, 0.1) is 4.90 Å². The predicted molar refractivity (Wildman–Crippen MR) is 123 cm³/mol. The van der Waals surface area contributed by atoms with Crippen LogP contribution in [-0.2, 0) is 21.2 Å². The van der Waals surface area contributed by atoms with Gasteiger partial charge < -0.3 is 10.6 Å². The molecule has 3 aromatic carbocycles. The molecule has 1 heterocycles. The smallest absolute Gasteiger partial charge is 0.243 e. The molecule has 1 aliphatic rings. The molecule has 0 spiro atoms. The molecule has 31 heavy (non-hydrogen) atoms. The summed E-state index contributed by atoms with van der Waals surface area (Å²) in [6, 6.07) is 17.9. The maximum Gasteiger partial charge on any atom is 0.243 e. The van der Waals surface area contributed by atoms with Gasteiger partial charge in [-0.3, -0.25) is 4.79 Å². The summed E-state index contributed by atoms with van der Waals surface area (Å²) in [7, 11) is -3.62. The number of hydrogen-bond donors (Lipinski definition) is 1. The van der Waals surface area contributed by atoms with Gasteiger partial charge in [-0.05, 0) is 59.2 Å². The van der Waals surface area contributed by atoms with E-state index < -0.39 is 10.0 Å². The van der Waals surface area contributed by atoms with E-state index in [0.717, 1.165) is 16.3 Å². The monoisotopic (exact) mass is 457 g/mol. The van der Waals surface area contributed by atoms with Crippen molar-refractivity contribution in [3.8, 4) is 0 Å². The van der Waals surface area contributed by atoms with E-state index in [1.165, 1.54) is 4.31 Å². The Labute approximate surface area is 187 Å². The summed E-state index contributed by atoms with van der Waals surface area (Å²) < 4.78 is 27.6. The molecule has 6 nitrogen and oxygen atoms in total. The lowest BCUT2D eigenvalue weighted by Crippen LogP contribution is -2.50. The molecular weight excluding hydrogens is 434 g/mol. The van der Waals surface area contributed by atoms with E-state index in [1.807, 2.05) is 36.4 Å². The topological polar surface area (TPSA) is 83.7 Å². The van der Waals surface area contributed by atoms with Crippen molar-refractivity contribution >= 4 is 44.0 Å². The largest absolute Gasteiger partial charge is 0.399 e. The summed E-state index contributed by atoms with van der Waals surface area (Å²) in [4.78, 5) is 14.6. The van der Waals surface area contributed by atoms with Crippen LogP contribution < -0.4 is 5.73 Å². The predicted octanol–water partition coefficient (Wildman–Crippen LogP) is 3.54. The van der Waals surface area contributed by atoms with Crippen LogP contribution in [0.1, 0.15) is 12.0 Å². The van der Waals surface area contributed by atoms with Crippen molar-refractivity contribution in [1.82, 2.24) is 9.21 Å². The molecule has 1 fully saturated rings. The Bertz CT molecular complexity index is 1200. The first-order valence-corrected chi connectivity index (χ1v) is 12.0. The van der Waals surface area contributed by atoms with Crippen LogP contribution in [0, 0.1) is 0 Å². The lowest BCUT2D eigenvalue weighted by molar-refractivity contribution is -0.132. The summed E-state index contributed by atoms with van der Waals surface area (Å²) in [5, 5.41) is 2.32. The van der Waals surface area contributed by atoms with Crippen LogP contribution in [0.15, 0.2) is 65.6 Å². The van der Waals surface area contributed by atoms with E-state index in [2.05, 4.69) is 0 Å². The number of piperazine rings is 1. The summed E-state index contributed by atoms with van der Waals surface area (Å²) in [5.74, 6) is 0.0384. The van der Waals surface area contributed by atoms with Gasteiger partial charge in [0, 0.05) is 43.3 Å². The van der Waals surface area contributed by atoms with Gasteiger partial charge in [0.15, 0.2) is 0 Å². The molecule has 0 aromatic heterocycles. The van der Waals surface area contributed by atoms with Gasteiger partial charge in [-0.1, -0.05) is 35.9 Å². The van der Waals surface area contributed by atoms with Crippen LogP contribution in [0.4, 0.5) is 5.69 Å². The van der Waals surface area contributed by atoms with Crippen molar-refractivity contribution in [3.05, 3.63) is 71.2 Å². The quantitative estimate of drug-likeness (QED) is 0.594. The molecule has 4 rings (SSSR count). The highest BCUT2D eigenvalue weighted by Gasteiger charge is 2.30. The molecule has 0 saturated carbocycles. The van der Waals surface area contributed by atoms with Crippen LogP contribution in [-0.4, -0.2) is 49.7 Å². The number of benzene rings is 3. The van der Waals surface area contributed by atoms with Crippen molar-refractivity contribution in [2.24, 2.45) is 0 Å². The average Bonchev–Trinajstić information content (AvgIpc) is 2.78. The number of sulfonamides is 1. The summed E-state index contributed by atoms with van der Waals surface area (Å²) in [5.41, 5.74) is 7.44. The fraction of sp³-hybridized carbons (Fsp3) is 0.261. The van der Waals surface area contributed by atoms with Gasteiger partial charge in [-0.15, -0.1) is 0 Å². The minimum absolute atomic E-state index is 0.0384. The number of halogens is 1. The standard InChI is InChI=1S/C23H24ClN3O3S/c24-20-6-4-19-16-22(9-5-18(19)15-20)31(29,30)27-13-11-26(12-14-27)23(28)10-3-17-1-7-21(25)8-2-17/h1-2,4-9,15-16H,3,10-14,25H2. The van der Waals surface area contributed by atoms with Gasteiger partial charge in [-0.25, -0.2) is 8.42 Å². The van der Waals surface area contributed by atoms with Crippen molar-refractivity contribution in [2.75, 3.05) is 31.9 Å². The highest BCUT2D eigenvalue weighted by atomic mass is 35.5. The van der Waals surface area contributed by atoms with Crippen molar-refractivity contribution in [2.45, 2.75) is 17.7 Å². The minimum Gasteiger partial charge on any atom is -0.399 e. The summed E-state index contributed by atoms with van der Waals surface area (Å²) in [6.07, 6.45) is 1.03. The number of aryl methyl sites for hydroxylation is 1. The van der Waals surface area contributed by atoms with E-state index in [-0.39, 0.29) is 23.9 Å². The van der Waals surface area contributed by atoms with E-state index >= 15 is 0 Å². The highest BCUT2D eigenvalue weighted by molar-refractivity contribution is 7.89. The maximum absolute atomic E-state index is 13.1. The fourth-order valence-corrected chi connectivity index (χ4v) is 5.41. The lowest BCUT2D eigenvalue weighted by Gasteiger charge is -2.34. The van der Waals surface area contributed by atoms with Gasteiger partial charge >= 0.3 is 0 Å². The van der Waals surface area contributed by atoms with Crippen LogP contribution in [0.5, 0.6) is 0 Å². The minimum atomic E-state index is -3.62. The van der Waals surface area contributed by atoms with E-state index in [4.69, 9.17) is 17.3 Å². The number of anilines is 1. The number of rotatable bonds is 5. The Morgan fingerprint density at radius 1 is 0.903 bits per heavy atom. The van der Waals surface area contributed by atoms with E-state index in [1.54, 1.807) is 29.2 Å². The summed E-state index contributed by atoms with van der Waals surface area (Å²) >= 11 is 6.01. The number of nitrogens with zero attached hydrogens (tertiary/aromatic N) is 2. The molecule has 0 unspecified atom stereocenters. The zero-order chi connectivity index (χ0) is 22.0. The molecule has 1 amide bonds. The number of nitrogens with two attached hydrogens (primary N) is 1. The number of fused-ring (bicyclic) bond motifs is 1. The molecule has 162 valence electrons. The third-order valence-corrected chi connectivity index (χ3v) is 7.74. The molecule has 2 N–H and O–H groups in total. The van der Waals surface area contributed by atoms with Gasteiger partial charge in [0.25, 0.3) is 0 Å². The second-order valence-corrected chi connectivity index (χ2v) is 10.1. The lowest BCUT2D eigenvalue weighted by atomic mass is 10.1. The molecule has 0 radical (unpaired) electrons. The Morgan fingerprint density at radius 2 is 1.55 bits per heavy atom. The molecule has 0 atom stereocenters. The number of amides is 1. The van der Waals surface area contributed by atoms with Gasteiger partial charge in [0.2, 0.25) is 15.9 Å². The fourth-order valence-electron chi connectivity index (χ4n) is 3.78. The second-order valence-electron chi connectivity index (χ2n) is 7.68. The normalized spacial score (nSPS) is 15.3. The highest BCUT2D eigenvalue weighted by Crippen LogP contribution is 2.25. The van der Waals surface area contributed by atoms with Crippen LogP contribution in [0.3, 0.4) is 0 Å². The zero-order valence-electron chi connectivity index (χ0n) is 17.0. The van der Waals surface area contributed by atoms with E-state index in [9.17, 15) is 13.2 Å². The van der Waals surface area contributed by atoms with Crippen LogP contribution in [0.25, 0.3) is 10.8 Å². The van der Waals surface area contributed by atoms with Crippen LogP contribution in [0.2, 0.25) is 5.02 Å². The SMILES string of the molecule is Nc1ccc(CCC(=O)N2CCN(S(=O)(=O)c3ccc4cc(Cl)ccc4c3)CC2)cc1. The Balaban J connectivity index is 1.37. The Morgan fingerprint density at radius 3 is 2.26 bits per heavy atom. The molecule has 3 aromatic rings. The van der Waals surface area contributed by atoms with Gasteiger partial charge in [-0.2, -0.15) is 4.31 Å².